The molecule has 1 atom stereocenters. The van der Waals surface area contributed by atoms with Crippen LogP contribution in [0.4, 0.5) is 0 Å². The summed E-state index contributed by atoms with van der Waals surface area (Å²) in [7, 11) is 1.58. The van der Waals surface area contributed by atoms with E-state index in [4.69, 9.17) is 21.1 Å². The second kappa shape index (κ2) is 8.37. The molecule has 1 saturated heterocycles. The highest BCUT2D eigenvalue weighted by Crippen LogP contribution is 2.23. The van der Waals surface area contributed by atoms with E-state index >= 15 is 0 Å². The Balaban J connectivity index is 1.61. The molecule has 25 heavy (non-hydrogen) atoms. The van der Waals surface area contributed by atoms with Crippen molar-refractivity contribution in [1.29, 1.82) is 0 Å². The summed E-state index contributed by atoms with van der Waals surface area (Å²) in [6.45, 7) is 1.84. The summed E-state index contributed by atoms with van der Waals surface area (Å²) in [6.07, 6.45) is 1.92. The molecule has 0 unspecified atom stereocenters. The number of likely N-dealkylation sites (tertiary alicyclic amines) is 1. The SMILES string of the molecule is COc1ccccc1C(=O)N1CCC[C@@H](OCc2cccc(Cl)c2)C1. The van der Waals surface area contributed by atoms with Gasteiger partial charge in [-0.05, 0) is 42.7 Å². The summed E-state index contributed by atoms with van der Waals surface area (Å²) in [5.41, 5.74) is 1.64. The zero-order valence-corrected chi connectivity index (χ0v) is 15.0. The molecule has 1 aliphatic heterocycles. The summed E-state index contributed by atoms with van der Waals surface area (Å²) in [6, 6.07) is 15.0. The lowest BCUT2D eigenvalue weighted by Gasteiger charge is -2.33. The Morgan fingerprint density at radius 1 is 1.24 bits per heavy atom. The quantitative estimate of drug-likeness (QED) is 0.804. The standard InChI is InChI=1S/C20H22ClNO3/c1-24-19-10-3-2-9-18(19)20(23)22-11-5-8-17(13-22)25-14-15-6-4-7-16(21)12-15/h2-4,6-7,9-10,12,17H,5,8,11,13-14H2,1H3/t17-/m1/s1. The van der Waals surface area contributed by atoms with E-state index in [-0.39, 0.29) is 12.0 Å². The molecule has 0 radical (unpaired) electrons. The van der Waals surface area contributed by atoms with Gasteiger partial charge < -0.3 is 14.4 Å². The highest BCUT2D eigenvalue weighted by molar-refractivity contribution is 6.30. The molecule has 3 rings (SSSR count). The van der Waals surface area contributed by atoms with E-state index in [0.29, 0.717) is 29.5 Å². The van der Waals surface area contributed by atoms with Crippen LogP contribution in [0.15, 0.2) is 48.5 Å². The summed E-state index contributed by atoms with van der Waals surface area (Å²) >= 11 is 6.01. The van der Waals surface area contributed by atoms with Crippen LogP contribution in [0.1, 0.15) is 28.8 Å². The van der Waals surface area contributed by atoms with Gasteiger partial charge in [0.15, 0.2) is 0 Å². The van der Waals surface area contributed by atoms with Gasteiger partial charge in [-0.3, -0.25) is 4.79 Å². The zero-order valence-electron chi connectivity index (χ0n) is 14.3. The lowest BCUT2D eigenvalue weighted by atomic mass is 10.1. The Bertz CT molecular complexity index is 734. The van der Waals surface area contributed by atoms with Gasteiger partial charge in [0.05, 0.1) is 25.4 Å². The summed E-state index contributed by atoms with van der Waals surface area (Å²) in [5.74, 6) is 0.600. The molecule has 1 fully saturated rings. The summed E-state index contributed by atoms with van der Waals surface area (Å²) < 4.78 is 11.3. The van der Waals surface area contributed by atoms with E-state index in [1.54, 1.807) is 13.2 Å². The third kappa shape index (κ3) is 4.53. The van der Waals surface area contributed by atoms with Crippen LogP contribution in [0.2, 0.25) is 5.02 Å². The fraction of sp³-hybridized carbons (Fsp3) is 0.350. The Labute approximate surface area is 153 Å². The number of hydrogen-bond donors (Lipinski definition) is 0. The van der Waals surface area contributed by atoms with Crippen molar-refractivity contribution in [3.63, 3.8) is 0 Å². The molecule has 1 aliphatic rings. The fourth-order valence-electron chi connectivity index (χ4n) is 3.09. The molecule has 0 bridgehead atoms. The molecule has 0 aromatic heterocycles. The van der Waals surface area contributed by atoms with Gasteiger partial charge in [-0.15, -0.1) is 0 Å². The minimum absolute atomic E-state index is 0.00601. The number of piperidine rings is 1. The van der Waals surface area contributed by atoms with Crippen LogP contribution in [0.25, 0.3) is 0 Å². The van der Waals surface area contributed by atoms with E-state index in [9.17, 15) is 4.79 Å². The largest absolute Gasteiger partial charge is 0.496 e. The topological polar surface area (TPSA) is 38.8 Å². The number of methoxy groups -OCH3 is 1. The Morgan fingerprint density at radius 3 is 2.88 bits per heavy atom. The van der Waals surface area contributed by atoms with Gasteiger partial charge in [-0.2, -0.15) is 0 Å². The van der Waals surface area contributed by atoms with E-state index < -0.39 is 0 Å². The van der Waals surface area contributed by atoms with Crippen molar-refractivity contribution in [2.45, 2.75) is 25.6 Å². The van der Waals surface area contributed by atoms with Crippen LogP contribution < -0.4 is 4.74 Å². The molecule has 0 saturated carbocycles. The maximum atomic E-state index is 12.8. The second-order valence-corrected chi connectivity index (χ2v) is 6.59. The molecule has 2 aromatic carbocycles. The van der Waals surface area contributed by atoms with E-state index in [1.165, 1.54) is 0 Å². The van der Waals surface area contributed by atoms with Crippen LogP contribution in [0.5, 0.6) is 5.75 Å². The molecule has 0 aliphatic carbocycles. The first-order valence-electron chi connectivity index (χ1n) is 8.45. The number of para-hydroxylation sites is 1. The number of carbonyl (C=O) groups excluding carboxylic acids is 1. The predicted octanol–water partition coefficient (Wildman–Crippen LogP) is 4.17. The molecule has 0 N–H and O–H groups in total. The minimum atomic E-state index is -0.00601. The first-order valence-corrected chi connectivity index (χ1v) is 8.83. The number of carbonyl (C=O) groups is 1. The van der Waals surface area contributed by atoms with Gasteiger partial charge in [0.25, 0.3) is 5.91 Å². The molecule has 2 aromatic rings. The predicted molar refractivity (Wildman–Crippen MR) is 98.2 cm³/mol. The van der Waals surface area contributed by atoms with Gasteiger partial charge in [-0.1, -0.05) is 35.9 Å². The number of ether oxygens (including phenoxy) is 2. The van der Waals surface area contributed by atoms with Gasteiger partial charge in [-0.25, -0.2) is 0 Å². The number of amides is 1. The van der Waals surface area contributed by atoms with Crippen molar-refractivity contribution in [3.8, 4) is 5.75 Å². The third-order valence-electron chi connectivity index (χ3n) is 4.38. The molecule has 0 spiro atoms. The smallest absolute Gasteiger partial charge is 0.257 e. The summed E-state index contributed by atoms with van der Waals surface area (Å²) in [4.78, 5) is 14.7. The number of rotatable bonds is 5. The zero-order chi connectivity index (χ0) is 17.6. The molecule has 1 amide bonds. The molecule has 4 nitrogen and oxygen atoms in total. The lowest BCUT2D eigenvalue weighted by Crippen LogP contribution is -2.43. The molecular weight excluding hydrogens is 338 g/mol. The van der Waals surface area contributed by atoms with Crippen LogP contribution in [0, 0.1) is 0 Å². The number of nitrogens with zero attached hydrogens (tertiary/aromatic N) is 1. The molecule has 1 heterocycles. The van der Waals surface area contributed by atoms with Crippen molar-refractivity contribution in [2.75, 3.05) is 20.2 Å². The first kappa shape index (κ1) is 17.8. The Hall–Kier alpha value is -2.04. The lowest BCUT2D eigenvalue weighted by molar-refractivity contribution is -0.00680. The van der Waals surface area contributed by atoms with E-state index in [1.807, 2.05) is 47.4 Å². The molecular formula is C20H22ClNO3. The summed E-state index contributed by atoms with van der Waals surface area (Å²) in [5, 5.41) is 0.706. The third-order valence-corrected chi connectivity index (χ3v) is 4.61. The Morgan fingerprint density at radius 2 is 2.08 bits per heavy atom. The average molecular weight is 360 g/mol. The van der Waals surface area contributed by atoms with Gasteiger partial charge in [0.1, 0.15) is 5.75 Å². The maximum absolute atomic E-state index is 12.8. The van der Waals surface area contributed by atoms with Crippen molar-refractivity contribution >= 4 is 17.5 Å². The minimum Gasteiger partial charge on any atom is -0.496 e. The average Bonchev–Trinajstić information content (AvgIpc) is 2.66. The van der Waals surface area contributed by atoms with Crippen molar-refractivity contribution in [2.24, 2.45) is 0 Å². The molecule has 5 heteroatoms. The van der Waals surface area contributed by atoms with Gasteiger partial charge >= 0.3 is 0 Å². The van der Waals surface area contributed by atoms with E-state index in [0.717, 1.165) is 24.9 Å². The highest BCUT2D eigenvalue weighted by atomic mass is 35.5. The van der Waals surface area contributed by atoms with Crippen LogP contribution in [0.3, 0.4) is 0 Å². The van der Waals surface area contributed by atoms with Crippen molar-refractivity contribution in [3.05, 3.63) is 64.7 Å². The van der Waals surface area contributed by atoms with Crippen LogP contribution in [-0.2, 0) is 11.3 Å². The normalized spacial score (nSPS) is 17.4. The van der Waals surface area contributed by atoms with Crippen molar-refractivity contribution in [1.82, 2.24) is 4.90 Å². The van der Waals surface area contributed by atoms with Crippen LogP contribution >= 0.6 is 11.6 Å². The molecule has 132 valence electrons. The number of benzene rings is 2. The second-order valence-electron chi connectivity index (χ2n) is 6.16. The number of hydrogen-bond acceptors (Lipinski definition) is 3. The highest BCUT2D eigenvalue weighted by Gasteiger charge is 2.26. The van der Waals surface area contributed by atoms with Crippen molar-refractivity contribution < 1.29 is 14.3 Å². The monoisotopic (exact) mass is 359 g/mol. The maximum Gasteiger partial charge on any atom is 0.257 e. The number of halogens is 1. The Kier molecular flexibility index (Phi) is 5.95. The van der Waals surface area contributed by atoms with E-state index in [2.05, 4.69) is 0 Å². The first-order chi connectivity index (χ1) is 12.2. The van der Waals surface area contributed by atoms with Gasteiger partial charge in [0.2, 0.25) is 0 Å². The van der Waals surface area contributed by atoms with Gasteiger partial charge in [0, 0.05) is 18.1 Å². The fourth-order valence-corrected chi connectivity index (χ4v) is 3.30. The van der Waals surface area contributed by atoms with Crippen LogP contribution in [-0.4, -0.2) is 37.1 Å².